The Morgan fingerprint density at radius 3 is 2.45 bits per heavy atom. The number of benzene rings is 1. The fraction of sp³-hybridized carbons (Fsp3) is 0.438. The monoisotopic (exact) mass is 319 g/mol. The van der Waals surface area contributed by atoms with Crippen LogP contribution in [0.1, 0.15) is 37.4 Å². The molecule has 0 spiro atoms. The molecule has 6 heteroatoms. The number of nitrogens with zero attached hydrogens (tertiary/aromatic N) is 3. The number of sulfonamides is 1. The molecule has 1 saturated carbocycles. The fourth-order valence-corrected chi connectivity index (χ4v) is 4.35. The average Bonchev–Trinajstić information content (AvgIpc) is 3.16. The van der Waals surface area contributed by atoms with E-state index >= 15 is 0 Å². The zero-order valence-corrected chi connectivity index (χ0v) is 13.8. The minimum Gasteiger partial charge on any atom is -0.269 e. The van der Waals surface area contributed by atoms with Gasteiger partial charge in [-0.25, -0.2) is 8.42 Å². The lowest BCUT2D eigenvalue weighted by Crippen LogP contribution is -2.26. The van der Waals surface area contributed by atoms with E-state index in [2.05, 4.69) is 5.10 Å². The molecule has 0 atom stereocenters. The van der Waals surface area contributed by atoms with Gasteiger partial charge in [0.1, 0.15) is 4.90 Å². The molecule has 1 fully saturated rings. The number of rotatable bonds is 4. The number of hydrogen-bond acceptors (Lipinski definition) is 3. The first kappa shape index (κ1) is 15.1. The Kier molecular flexibility index (Phi) is 3.95. The lowest BCUT2D eigenvalue weighted by atomic mass is 10.3. The molecule has 1 aliphatic carbocycles. The predicted molar refractivity (Wildman–Crippen MR) is 86.5 cm³/mol. The van der Waals surface area contributed by atoms with Crippen molar-refractivity contribution < 1.29 is 8.42 Å². The van der Waals surface area contributed by atoms with E-state index in [0.717, 1.165) is 12.8 Å². The van der Waals surface area contributed by atoms with Gasteiger partial charge in [-0.15, -0.1) is 0 Å². The first-order valence-corrected chi connectivity index (χ1v) is 9.04. The summed E-state index contributed by atoms with van der Waals surface area (Å²) in [5.41, 5.74) is 1.21. The Bertz CT molecular complexity index is 747. The van der Waals surface area contributed by atoms with E-state index in [-0.39, 0.29) is 0 Å². The van der Waals surface area contributed by atoms with Crippen molar-refractivity contribution in [3.63, 3.8) is 0 Å². The zero-order valence-electron chi connectivity index (χ0n) is 12.9. The molecule has 1 heterocycles. The van der Waals surface area contributed by atoms with Crippen LogP contribution < -0.4 is 4.31 Å². The third-order valence-corrected chi connectivity index (χ3v) is 6.22. The van der Waals surface area contributed by atoms with Gasteiger partial charge in [0.05, 0.1) is 17.4 Å². The Morgan fingerprint density at radius 2 is 1.82 bits per heavy atom. The minimum absolute atomic E-state index is 0.297. The summed E-state index contributed by atoms with van der Waals surface area (Å²) in [5.74, 6) is 0. The summed E-state index contributed by atoms with van der Waals surface area (Å²) in [7, 11) is -2.00. The van der Waals surface area contributed by atoms with Gasteiger partial charge in [0, 0.05) is 13.2 Å². The molecule has 0 radical (unpaired) electrons. The second kappa shape index (κ2) is 5.76. The molecular formula is C16H21N3O2S. The Hall–Kier alpha value is -1.82. The fourth-order valence-electron chi connectivity index (χ4n) is 3.00. The van der Waals surface area contributed by atoms with Gasteiger partial charge in [0.25, 0.3) is 10.0 Å². The van der Waals surface area contributed by atoms with Crippen LogP contribution >= 0.6 is 0 Å². The lowest BCUT2D eigenvalue weighted by Gasteiger charge is -2.18. The van der Waals surface area contributed by atoms with Gasteiger partial charge in [-0.3, -0.25) is 8.99 Å². The molecule has 118 valence electrons. The average molecular weight is 319 g/mol. The van der Waals surface area contributed by atoms with Crippen molar-refractivity contribution in [1.29, 1.82) is 0 Å². The predicted octanol–water partition coefficient (Wildman–Crippen LogP) is 3.13. The Balaban J connectivity index is 1.95. The highest BCUT2D eigenvalue weighted by atomic mass is 32.2. The summed E-state index contributed by atoms with van der Waals surface area (Å²) in [5, 5.41) is 4.45. The van der Waals surface area contributed by atoms with Gasteiger partial charge in [-0.1, -0.05) is 31.0 Å². The van der Waals surface area contributed by atoms with Crippen LogP contribution in [0.4, 0.5) is 5.69 Å². The van der Waals surface area contributed by atoms with Gasteiger partial charge in [0.15, 0.2) is 0 Å². The molecule has 22 heavy (non-hydrogen) atoms. The third-order valence-electron chi connectivity index (χ3n) is 4.33. The molecule has 1 aromatic heterocycles. The van der Waals surface area contributed by atoms with Crippen LogP contribution in [0.15, 0.2) is 41.4 Å². The molecule has 0 saturated heterocycles. The van der Waals surface area contributed by atoms with Gasteiger partial charge in [-0.2, -0.15) is 5.10 Å². The number of para-hydroxylation sites is 1. The Labute approximate surface area is 131 Å². The maximum absolute atomic E-state index is 12.9. The minimum atomic E-state index is -3.58. The smallest absolute Gasteiger partial charge is 0.267 e. The van der Waals surface area contributed by atoms with Gasteiger partial charge in [0.2, 0.25) is 0 Å². The van der Waals surface area contributed by atoms with E-state index in [1.54, 1.807) is 32.3 Å². The maximum Gasteiger partial charge on any atom is 0.267 e. The number of anilines is 1. The topological polar surface area (TPSA) is 55.2 Å². The molecule has 0 bridgehead atoms. The lowest BCUT2D eigenvalue weighted by molar-refractivity contribution is 0.464. The molecular weight excluding hydrogens is 298 g/mol. The van der Waals surface area contributed by atoms with Crippen molar-refractivity contribution >= 4 is 15.7 Å². The summed E-state index contributed by atoms with van der Waals surface area (Å²) < 4.78 is 28.9. The first-order chi connectivity index (χ1) is 10.5. The number of aryl methyl sites for hydroxylation is 1. The number of hydrogen-bond donors (Lipinski definition) is 0. The van der Waals surface area contributed by atoms with E-state index in [9.17, 15) is 8.42 Å². The first-order valence-electron chi connectivity index (χ1n) is 7.60. The van der Waals surface area contributed by atoms with E-state index in [0.29, 0.717) is 22.3 Å². The molecule has 0 amide bonds. The van der Waals surface area contributed by atoms with Crippen molar-refractivity contribution in [3.05, 3.63) is 42.2 Å². The van der Waals surface area contributed by atoms with Crippen molar-refractivity contribution in [2.75, 3.05) is 11.4 Å². The van der Waals surface area contributed by atoms with Crippen LogP contribution in [0.25, 0.3) is 0 Å². The van der Waals surface area contributed by atoms with E-state index in [4.69, 9.17) is 0 Å². The molecule has 0 unspecified atom stereocenters. The quantitative estimate of drug-likeness (QED) is 0.870. The summed E-state index contributed by atoms with van der Waals surface area (Å²) in [4.78, 5) is 0.297. The van der Waals surface area contributed by atoms with Gasteiger partial charge >= 0.3 is 0 Å². The zero-order chi connectivity index (χ0) is 15.7. The summed E-state index contributed by atoms with van der Waals surface area (Å²) in [6.07, 6.45) is 6.23. The highest BCUT2D eigenvalue weighted by molar-refractivity contribution is 7.92. The van der Waals surface area contributed by atoms with Crippen molar-refractivity contribution in [2.24, 2.45) is 0 Å². The van der Waals surface area contributed by atoms with Crippen LogP contribution in [-0.2, 0) is 10.0 Å². The van der Waals surface area contributed by atoms with Crippen molar-refractivity contribution in [1.82, 2.24) is 9.78 Å². The van der Waals surface area contributed by atoms with E-state index < -0.39 is 10.0 Å². The normalized spacial score (nSPS) is 16.1. The second-order valence-electron chi connectivity index (χ2n) is 5.81. The number of aromatic nitrogens is 2. The van der Waals surface area contributed by atoms with Crippen LogP contribution in [-0.4, -0.2) is 25.2 Å². The van der Waals surface area contributed by atoms with Gasteiger partial charge < -0.3 is 0 Å². The molecule has 5 nitrogen and oxygen atoms in total. The van der Waals surface area contributed by atoms with E-state index in [1.807, 2.05) is 22.9 Å². The van der Waals surface area contributed by atoms with Crippen molar-refractivity contribution in [3.8, 4) is 0 Å². The summed E-state index contributed by atoms with van der Waals surface area (Å²) >= 11 is 0. The van der Waals surface area contributed by atoms with Gasteiger partial charge in [-0.05, 0) is 31.9 Å². The van der Waals surface area contributed by atoms with Crippen LogP contribution in [0.2, 0.25) is 0 Å². The molecule has 0 aliphatic heterocycles. The molecule has 1 aliphatic rings. The maximum atomic E-state index is 12.9. The molecule has 3 rings (SSSR count). The SMILES string of the molecule is Cc1nn(C2CCCC2)cc1S(=O)(=O)N(C)c1ccccc1. The Morgan fingerprint density at radius 1 is 1.18 bits per heavy atom. The van der Waals surface area contributed by atoms with Crippen LogP contribution in [0, 0.1) is 6.92 Å². The van der Waals surface area contributed by atoms with Crippen LogP contribution in [0.3, 0.4) is 0 Å². The molecule has 2 aromatic rings. The molecule has 0 N–H and O–H groups in total. The van der Waals surface area contributed by atoms with E-state index in [1.165, 1.54) is 17.1 Å². The molecule has 1 aromatic carbocycles. The summed E-state index contributed by atoms with van der Waals surface area (Å²) in [6, 6.07) is 9.44. The second-order valence-corrected chi connectivity index (χ2v) is 7.74. The third kappa shape index (κ3) is 2.63. The van der Waals surface area contributed by atoms with Crippen molar-refractivity contribution in [2.45, 2.75) is 43.5 Å². The van der Waals surface area contributed by atoms with Crippen LogP contribution in [0.5, 0.6) is 0 Å². The highest BCUT2D eigenvalue weighted by Gasteiger charge is 2.28. The standard InChI is InChI=1S/C16H21N3O2S/c1-13-16(12-19(17-13)15-10-6-7-11-15)22(20,21)18(2)14-8-4-3-5-9-14/h3-5,8-9,12,15H,6-7,10-11H2,1-2H3. The highest BCUT2D eigenvalue weighted by Crippen LogP contribution is 2.31. The largest absolute Gasteiger partial charge is 0.269 e. The summed E-state index contributed by atoms with van der Waals surface area (Å²) in [6.45, 7) is 1.76.